The lowest BCUT2D eigenvalue weighted by Crippen LogP contribution is -2.22. The average molecular weight is 151 g/mol. The van der Waals surface area contributed by atoms with E-state index in [2.05, 4.69) is 5.32 Å². The van der Waals surface area contributed by atoms with Crippen LogP contribution in [0, 0.1) is 0 Å². The van der Waals surface area contributed by atoms with Gasteiger partial charge in [-0.1, -0.05) is 12.2 Å². The van der Waals surface area contributed by atoms with Crippen molar-refractivity contribution in [1.82, 2.24) is 5.32 Å². The van der Waals surface area contributed by atoms with E-state index in [1.54, 1.807) is 12.2 Å². The molecule has 58 valence electrons. The molecule has 1 aliphatic heterocycles. The molecular weight excluding hydrogens is 142 g/mol. The number of aldehydes is 1. The second kappa shape index (κ2) is 3.71. The Morgan fingerprint density at radius 1 is 1.73 bits per heavy atom. The van der Waals surface area contributed by atoms with Crippen LogP contribution >= 0.6 is 0 Å². The molecule has 3 nitrogen and oxygen atoms in total. The number of hydrogen-bond donors (Lipinski definition) is 1. The summed E-state index contributed by atoms with van der Waals surface area (Å²) in [6, 6.07) is 0. The first-order valence-corrected chi connectivity index (χ1v) is 3.42. The smallest absolute Gasteiger partial charge is 0.185 e. The molecule has 0 aromatic carbocycles. The molecule has 11 heavy (non-hydrogen) atoms. The maximum absolute atomic E-state index is 11.0. The van der Waals surface area contributed by atoms with Crippen molar-refractivity contribution in [3.63, 3.8) is 0 Å². The predicted octanol–water partition coefficient (Wildman–Crippen LogP) is 0.188. The van der Waals surface area contributed by atoms with Crippen LogP contribution in [0.3, 0.4) is 0 Å². The second-order valence-corrected chi connectivity index (χ2v) is 2.18. The first-order chi connectivity index (χ1) is 5.34. The SMILES string of the molecule is O=CCC(=O)C1=CC=CCN1. The van der Waals surface area contributed by atoms with Gasteiger partial charge in [0.1, 0.15) is 6.29 Å². The van der Waals surface area contributed by atoms with Crippen LogP contribution in [-0.4, -0.2) is 18.6 Å². The zero-order valence-electron chi connectivity index (χ0n) is 6.04. The van der Waals surface area contributed by atoms with Gasteiger partial charge in [-0.25, -0.2) is 0 Å². The largest absolute Gasteiger partial charge is 0.379 e. The third kappa shape index (κ3) is 2.04. The standard InChI is InChI=1S/C8H9NO2/c10-6-4-8(11)7-3-1-2-5-9-7/h1-3,6,9H,4-5H2. The van der Waals surface area contributed by atoms with E-state index in [4.69, 9.17) is 0 Å². The molecule has 0 aromatic heterocycles. The lowest BCUT2D eigenvalue weighted by atomic mass is 10.2. The van der Waals surface area contributed by atoms with Crippen molar-refractivity contribution in [2.75, 3.05) is 6.54 Å². The molecule has 1 N–H and O–H groups in total. The highest BCUT2D eigenvalue weighted by Crippen LogP contribution is 1.99. The highest BCUT2D eigenvalue weighted by molar-refractivity contribution is 6.02. The van der Waals surface area contributed by atoms with Gasteiger partial charge in [0.25, 0.3) is 0 Å². The maximum Gasteiger partial charge on any atom is 0.185 e. The third-order valence-electron chi connectivity index (χ3n) is 1.38. The minimum atomic E-state index is -0.149. The zero-order chi connectivity index (χ0) is 8.10. The number of dihydropyridines is 1. The fraction of sp³-hybridized carbons (Fsp3) is 0.250. The highest BCUT2D eigenvalue weighted by Gasteiger charge is 2.07. The normalized spacial score (nSPS) is 15.1. The molecule has 0 atom stereocenters. The van der Waals surface area contributed by atoms with Crippen LogP contribution in [0.15, 0.2) is 23.9 Å². The van der Waals surface area contributed by atoms with Crippen molar-refractivity contribution >= 4 is 12.1 Å². The molecule has 0 saturated carbocycles. The summed E-state index contributed by atoms with van der Waals surface area (Å²) in [6.07, 6.45) is 5.96. The van der Waals surface area contributed by atoms with Gasteiger partial charge in [0.05, 0.1) is 12.1 Å². The van der Waals surface area contributed by atoms with Crippen molar-refractivity contribution in [3.05, 3.63) is 23.9 Å². The van der Waals surface area contributed by atoms with Crippen molar-refractivity contribution in [1.29, 1.82) is 0 Å². The average Bonchev–Trinajstić information content (AvgIpc) is 2.07. The molecule has 1 aliphatic rings. The number of Topliss-reactive ketones (excluding diaryl/α,β-unsaturated/α-hetero) is 1. The fourth-order valence-electron chi connectivity index (χ4n) is 0.837. The monoisotopic (exact) mass is 151 g/mol. The van der Waals surface area contributed by atoms with Gasteiger partial charge in [-0.15, -0.1) is 0 Å². The topological polar surface area (TPSA) is 46.2 Å². The van der Waals surface area contributed by atoms with Crippen LogP contribution in [0.5, 0.6) is 0 Å². The Labute approximate surface area is 64.8 Å². The van der Waals surface area contributed by atoms with Gasteiger partial charge in [-0.2, -0.15) is 0 Å². The fourth-order valence-corrected chi connectivity index (χ4v) is 0.837. The molecule has 1 rings (SSSR count). The van der Waals surface area contributed by atoms with Gasteiger partial charge < -0.3 is 10.1 Å². The predicted molar refractivity (Wildman–Crippen MR) is 40.9 cm³/mol. The molecule has 0 spiro atoms. The molecule has 3 heteroatoms. The quantitative estimate of drug-likeness (QED) is 0.462. The summed E-state index contributed by atoms with van der Waals surface area (Å²) in [5, 5.41) is 2.87. The van der Waals surface area contributed by atoms with Crippen LogP contribution in [0.2, 0.25) is 0 Å². The lowest BCUT2D eigenvalue weighted by molar-refractivity contribution is -0.119. The molecule has 0 unspecified atom stereocenters. The molecule has 0 saturated heterocycles. The summed E-state index contributed by atoms with van der Waals surface area (Å²) >= 11 is 0. The maximum atomic E-state index is 11.0. The number of hydrogen-bond acceptors (Lipinski definition) is 3. The van der Waals surface area contributed by atoms with E-state index in [1.165, 1.54) is 0 Å². The number of carbonyl (C=O) groups is 2. The first kappa shape index (κ1) is 7.72. The summed E-state index contributed by atoms with van der Waals surface area (Å²) in [4.78, 5) is 21.0. The molecule has 1 heterocycles. The minimum absolute atomic E-state index is 0.0350. The van der Waals surface area contributed by atoms with E-state index in [-0.39, 0.29) is 12.2 Å². The number of ketones is 1. The van der Waals surface area contributed by atoms with Crippen molar-refractivity contribution in [3.8, 4) is 0 Å². The van der Waals surface area contributed by atoms with Gasteiger partial charge in [-0.3, -0.25) is 4.79 Å². The van der Waals surface area contributed by atoms with Gasteiger partial charge in [0.2, 0.25) is 0 Å². The van der Waals surface area contributed by atoms with E-state index in [9.17, 15) is 9.59 Å². The molecule has 0 bridgehead atoms. The van der Waals surface area contributed by atoms with Crippen LogP contribution in [0.25, 0.3) is 0 Å². The number of rotatable bonds is 3. The molecule has 0 fully saturated rings. The summed E-state index contributed by atoms with van der Waals surface area (Å²) in [5.74, 6) is -0.149. The van der Waals surface area contributed by atoms with Crippen molar-refractivity contribution in [2.24, 2.45) is 0 Å². The Balaban J connectivity index is 2.58. The molecule has 0 radical (unpaired) electrons. The highest BCUT2D eigenvalue weighted by atomic mass is 16.1. The Hall–Kier alpha value is -1.38. The summed E-state index contributed by atoms with van der Waals surface area (Å²) in [6.45, 7) is 0.663. The van der Waals surface area contributed by atoms with Crippen LogP contribution in [-0.2, 0) is 9.59 Å². The lowest BCUT2D eigenvalue weighted by Gasteiger charge is -2.08. The van der Waals surface area contributed by atoms with Gasteiger partial charge in [-0.05, 0) is 6.08 Å². The van der Waals surface area contributed by atoms with Crippen LogP contribution in [0.4, 0.5) is 0 Å². The van der Waals surface area contributed by atoms with E-state index in [1.807, 2.05) is 6.08 Å². The Morgan fingerprint density at radius 2 is 2.55 bits per heavy atom. The summed E-state index contributed by atoms with van der Waals surface area (Å²) in [7, 11) is 0. The van der Waals surface area contributed by atoms with Gasteiger partial charge >= 0.3 is 0 Å². The van der Waals surface area contributed by atoms with Crippen molar-refractivity contribution < 1.29 is 9.59 Å². The second-order valence-electron chi connectivity index (χ2n) is 2.18. The molecule has 0 amide bonds. The summed E-state index contributed by atoms with van der Waals surface area (Å²) < 4.78 is 0. The van der Waals surface area contributed by atoms with E-state index < -0.39 is 0 Å². The Kier molecular flexibility index (Phi) is 2.60. The number of allylic oxidation sites excluding steroid dienone is 3. The van der Waals surface area contributed by atoms with E-state index in [0.717, 1.165) is 0 Å². The van der Waals surface area contributed by atoms with Crippen LogP contribution in [0.1, 0.15) is 6.42 Å². The minimum Gasteiger partial charge on any atom is -0.379 e. The first-order valence-electron chi connectivity index (χ1n) is 3.42. The molecular formula is C8H9NO2. The van der Waals surface area contributed by atoms with Crippen molar-refractivity contribution in [2.45, 2.75) is 6.42 Å². The third-order valence-corrected chi connectivity index (χ3v) is 1.38. The Morgan fingerprint density at radius 3 is 3.09 bits per heavy atom. The van der Waals surface area contributed by atoms with Crippen LogP contribution < -0.4 is 5.32 Å². The zero-order valence-corrected chi connectivity index (χ0v) is 6.04. The number of nitrogens with one attached hydrogen (secondary N) is 1. The molecule has 0 aliphatic carbocycles. The summed E-state index contributed by atoms with van der Waals surface area (Å²) in [5.41, 5.74) is 0.527. The number of carbonyl (C=O) groups excluding carboxylic acids is 2. The van der Waals surface area contributed by atoms with E-state index in [0.29, 0.717) is 18.5 Å². The van der Waals surface area contributed by atoms with Gasteiger partial charge in [0, 0.05) is 6.54 Å². The van der Waals surface area contributed by atoms with Gasteiger partial charge in [0.15, 0.2) is 5.78 Å². The Bertz CT molecular complexity index is 228. The van der Waals surface area contributed by atoms with E-state index >= 15 is 0 Å². The molecule has 0 aromatic rings.